The first kappa shape index (κ1) is 11.9. The summed E-state index contributed by atoms with van der Waals surface area (Å²) in [6.07, 6.45) is 0. The third-order valence-corrected chi connectivity index (χ3v) is 6.56. The Hall–Kier alpha value is -0.161. The van der Waals surface area contributed by atoms with Crippen LogP contribution in [0.15, 0.2) is 30.3 Å². The quantitative estimate of drug-likeness (QED) is 0.757. The maximum atomic E-state index is 10.6. The molecule has 0 aromatic heterocycles. The summed E-state index contributed by atoms with van der Waals surface area (Å²) < 4.78 is 21.8. The van der Waals surface area contributed by atoms with Crippen LogP contribution in [0.5, 0.6) is 0 Å². The summed E-state index contributed by atoms with van der Waals surface area (Å²) in [5.41, 5.74) is 0.812. The van der Waals surface area contributed by atoms with Gasteiger partial charge >= 0.3 is 96.2 Å². The van der Waals surface area contributed by atoms with Crippen molar-refractivity contribution in [3.63, 3.8) is 0 Å². The number of nitrogens with one attached hydrogen (secondary N) is 2. The van der Waals surface area contributed by atoms with Crippen LogP contribution < -0.4 is 10.5 Å². The van der Waals surface area contributed by atoms with Crippen LogP contribution in [0.2, 0.25) is 0 Å². The molecule has 1 radical (unpaired) electrons. The maximum absolute atomic E-state index is 10.6. The van der Waals surface area contributed by atoms with E-state index in [1.54, 1.807) is 0 Å². The van der Waals surface area contributed by atoms with Crippen molar-refractivity contribution in [2.24, 2.45) is 0 Å². The fraction of sp³-hybridized carbons (Fsp3) is 0. The molecule has 2 N–H and O–H groups in total. The summed E-state index contributed by atoms with van der Waals surface area (Å²) >= 11 is 1.73. The molecule has 0 amide bonds. The molecule has 0 saturated carbocycles. The van der Waals surface area contributed by atoms with Crippen molar-refractivity contribution in [1.82, 2.24) is 5.14 Å². The number of benzene rings is 1. The molecule has 0 aliphatic rings. The van der Waals surface area contributed by atoms with E-state index < -0.39 is 22.3 Å². The molecule has 0 bridgehead atoms. The Morgan fingerprint density at radius 2 is 1.93 bits per heavy atom. The Labute approximate surface area is 95.9 Å². The molecule has 1 aromatic rings. The van der Waals surface area contributed by atoms with Crippen LogP contribution in [0.4, 0.5) is 5.69 Å². The van der Waals surface area contributed by atoms with Gasteiger partial charge in [-0.2, -0.15) is 0 Å². The van der Waals surface area contributed by atoms with Crippen molar-refractivity contribution < 1.29 is 8.42 Å². The molecular weight excluding hydrogens is 334 g/mol. The second-order valence-corrected chi connectivity index (χ2v) is 10.2. The van der Waals surface area contributed by atoms with E-state index in [2.05, 4.69) is 20.9 Å². The molecule has 7 heteroatoms. The molecule has 0 saturated heterocycles. The van der Waals surface area contributed by atoms with Crippen LogP contribution in [-0.4, -0.2) is 41.3 Å². The minimum atomic E-state index is -3.66. The van der Waals surface area contributed by atoms with Crippen LogP contribution in [0.25, 0.3) is 0 Å². The second kappa shape index (κ2) is 5.07. The van der Waals surface area contributed by atoms with Crippen molar-refractivity contribution in [2.75, 3.05) is 5.32 Å². The van der Waals surface area contributed by atoms with Gasteiger partial charge < -0.3 is 0 Å². The van der Waals surface area contributed by atoms with E-state index >= 15 is 0 Å². The van der Waals surface area contributed by atoms with E-state index in [-0.39, 0.29) is 0 Å². The zero-order valence-electron chi connectivity index (χ0n) is 6.93. The average molecular weight is 341 g/mol. The monoisotopic (exact) mass is 343 g/mol. The van der Waals surface area contributed by atoms with Gasteiger partial charge in [0.2, 0.25) is 0 Å². The standard InChI is InChI=1S/C7H7N2O2SSe2/c8-12(10,11)14-7(13)9-6-4-2-1-3-5-6/h1-5,8H,(H,9,13). The van der Waals surface area contributed by atoms with Crippen LogP contribution in [0.3, 0.4) is 0 Å². The van der Waals surface area contributed by atoms with Crippen LogP contribution in [-0.2, 0) is 8.44 Å². The summed E-state index contributed by atoms with van der Waals surface area (Å²) in [6, 6.07) is 9.21. The molecule has 0 spiro atoms. The number of hydrogen-bond acceptors (Lipinski definition) is 3. The molecule has 0 heterocycles. The van der Waals surface area contributed by atoms with Crippen molar-refractivity contribution in [2.45, 2.75) is 0 Å². The zero-order chi connectivity index (χ0) is 10.6. The molecule has 4 nitrogen and oxygen atoms in total. The molecule has 0 aliphatic heterocycles. The predicted molar refractivity (Wildman–Crippen MR) is 58.6 cm³/mol. The molecular formula is C7H7N2O2SSe2. The fourth-order valence-electron chi connectivity index (χ4n) is 0.760. The van der Waals surface area contributed by atoms with Gasteiger partial charge in [-0.1, -0.05) is 0 Å². The Bertz CT molecular complexity index is 419. The Morgan fingerprint density at radius 1 is 1.36 bits per heavy atom. The van der Waals surface area contributed by atoms with Gasteiger partial charge in [-0.05, 0) is 0 Å². The SMILES string of the molecule is [NH]S(=O)(=O)[Se]C(=[Se])Nc1ccccc1. The van der Waals surface area contributed by atoms with E-state index in [4.69, 9.17) is 5.14 Å². The predicted octanol–water partition coefficient (Wildman–Crippen LogP) is -0.414. The van der Waals surface area contributed by atoms with Crippen molar-refractivity contribution in [3.05, 3.63) is 30.3 Å². The van der Waals surface area contributed by atoms with Gasteiger partial charge in [0.1, 0.15) is 0 Å². The molecule has 14 heavy (non-hydrogen) atoms. The first-order valence-corrected chi connectivity index (χ1v) is 8.74. The van der Waals surface area contributed by atoms with Gasteiger partial charge in [-0.15, -0.1) is 0 Å². The van der Waals surface area contributed by atoms with Gasteiger partial charge in [0.05, 0.1) is 0 Å². The Morgan fingerprint density at radius 3 is 2.43 bits per heavy atom. The Balaban J connectivity index is 2.59. The molecule has 1 aromatic carbocycles. The minimum absolute atomic E-state index is 0.485. The summed E-state index contributed by atoms with van der Waals surface area (Å²) in [6.45, 7) is 0. The molecule has 0 aliphatic carbocycles. The molecule has 0 unspecified atom stereocenters. The van der Waals surface area contributed by atoms with Crippen molar-refractivity contribution >= 4 is 47.0 Å². The molecule has 0 atom stereocenters. The second-order valence-electron chi connectivity index (χ2n) is 2.32. The third kappa shape index (κ3) is 4.91. The third-order valence-electron chi connectivity index (χ3n) is 1.21. The van der Waals surface area contributed by atoms with Crippen LogP contribution in [0.1, 0.15) is 0 Å². The normalized spacial score (nSPS) is 10.9. The first-order valence-electron chi connectivity index (χ1n) is 3.52. The number of para-hydroxylation sites is 1. The summed E-state index contributed by atoms with van der Waals surface area (Å²) in [5.74, 6) is 0. The number of anilines is 1. The van der Waals surface area contributed by atoms with E-state index in [1.165, 1.54) is 0 Å². The summed E-state index contributed by atoms with van der Waals surface area (Å²) in [5, 5.41) is 9.64. The molecule has 1 rings (SSSR count). The molecule has 75 valence electrons. The van der Waals surface area contributed by atoms with Gasteiger partial charge in [0, 0.05) is 0 Å². The fourth-order valence-corrected chi connectivity index (χ4v) is 5.94. The van der Waals surface area contributed by atoms with Crippen LogP contribution >= 0.6 is 0 Å². The zero-order valence-corrected chi connectivity index (χ0v) is 11.2. The topological polar surface area (TPSA) is 70.0 Å². The Kier molecular flexibility index (Phi) is 4.31. The van der Waals surface area contributed by atoms with E-state index in [0.29, 0.717) is 3.44 Å². The first-order chi connectivity index (χ1) is 6.47. The van der Waals surface area contributed by atoms with Gasteiger partial charge in [-0.25, -0.2) is 0 Å². The van der Waals surface area contributed by atoms with Gasteiger partial charge in [-0.3, -0.25) is 0 Å². The number of hydrogen-bond donors (Lipinski definition) is 1. The van der Waals surface area contributed by atoms with Crippen molar-refractivity contribution in [1.29, 1.82) is 0 Å². The summed E-state index contributed by atoms with van der Waals surface area (Å²) in [4.78, 5) is 0. The van der Waals surface area contributed by atoms with E-state index in [0.717, 1.165) is 5.69 Å². The van der Waals surface area contributed by atoms with Crippen molar-refractivity contribution in [3.8, 4) is 0 Å². The summed E-state index contributed by atoms with van der Waals surface area (Å²) in [7, 11) is -3.66. The van der Waals surface area contributed by atoms with Gasteiger partial charge in [0.15, 0.2) is 0 Å². The van der Waals surface area contributed by atoms with Gasteiger partial charge in [0.25, 0.3) is 0 Å². The average Bonchev–Trinajstić information content (AvgIpc) is 2.02. The van der Waals surface area contributed by atoms with E-state index in [9.17, 15) is 8.42 Å². The molecule has 0 fully saturated rings. The van der Waals surface area contributed by atoms with E-state index in [1.807, 2.05) is 30.3 Å². The number of rotatable bonds is 4. The van der Waals surface area contributed by atoms with Crippen LogP contribution in [0, 0.1) is 0 Å².